The van der Waals surface area contributed by atoms with Crippen molar-refractivity contribution in [3.05, 3.63) is 128 Å². The second-order valence-electron chi connectivity index (χ2n) is 11.5. The highest BCUT2D eigenvalue weighted by Crippen LogP contribution is 2.49. The van der Waals surface area contributed by atoms with E-state index >= 15 is 0 Å². The summed E-state index contributed by atoms with van der Waals surface area (Å²) in [6, 6.07) is 27.0. The quantitative estimate of drug-likeness (QED) is 0.269. The van der Waals surface area contributed by atoms with Gasteiger partial charge in [0, 0.05) is 22.7 Å². The zero-order valence-electron chi connectivity index (χ0n) is 22.8. The monoisotopic (exact) mass is 566 g/mol. The van der Waals surface area contributed by atoms with Crippen molar-refractivity contribution in [1.82, 2.24) is 0 Å². The fraction of sp³-hybridized carbons (Fsp3) is 0.235. The number of Topliss-reactive ketones (excluding diaryl/α,β-unsaturated/α-hetero) is 1. The van der Waals surface area contributed by atoms with Gasteiger partial charge in [0.2, 0.25) is 0 Å². The molecule has 0 fully saturated rings. The van der Waals surface area contributed by atoms with E-state index in [1.54, 1.807) is 4.90 Å². The summed E-state index contributed by atoms with van der Waals surface area (Å²) >= 11 is 8.19. The summed E-state index contributed by atoms with van der Waals surface area (Å²) in [6.45, 7) is 6.61. The van der Waals surface area contributed by atoms with E-state index in [1.165, 1.54) is 16.9 Å². The Balaban J connectivity index is 1.51. The molecule has 3 aromatic carbocycles. The van der Waals surface area contributed by atoms with Crippen molar-refractivity contribution in [2.75, 3.05) is 10.2 Å². The van der Waals surface area contributed by atoms with E-state index in [0.29, 0.717) is 28.3 Å². The minimum atomic E-state index is -0.661. The Morgan fingerprint density at radius 2 is 1.65 bits per heavy atom. The topological polar surface area (TPSA) is 49.4 Å². The number of nitrogens with one attached hydrogen (secondary N) is 1. The van der Waals surface area contributed by atoms with Crippen molar-refractivity contribution in [3.8, 4) is 0 Å². The van der Waals surface area contributed by atoms with E-state index in [0.717, 1.165) is 28.2 Å². The van der Waals surface area contributed by atoms with Gasteiger partial charge in [0.25, 0.3) is 5.91 Å². The van der Waals surface area contributed by atoms with Crippen LogP contribution in [0.2, 0.25) is 5.02 Å². The van der Waals surface area contributed by atoms with Gasteiger partial charge in [0.15, 0.2) is 5.78 Å². The zero-order valence-corrected chi connectivity index (χ0v) is 24.4. The molecule has 202 valence electrons. The number of fused-ring (bicyclic) bond motifs is 1. The summed E-state index contributed by atoms with van der Waals surface area (Å²) in [5, 5.41) is 6.02. The number of para-hydroxylation sites is 2. The minimum Gasteiger partial charge on any atom is -0.357 e. The maximum absolute atomic E-state index is 14.2. The van der Waals surface area contributed by atoms with Crippen molar-refractivity contribution in [1.29, 1.82) is 0 Å². The molecule has 1 N–H and O–H groups in total. The molecule has 2 atom stereocenters. The number of hydrogen-bond acceptors (Lipinski definition) is 4. The smallest absolute Gasteiger partial charge is 0.269 e. The summed E-state index contributed by atoms with van der Waals surface area (Å²) in [5.74, 6) is -0.0951. The summed E-state index contributed by atoms with van der Waals surface area (Å²) in [6.07, 6.45) is 1.03. The predicted octanol–water partition coefficient (Wildman–Crippen LogP) is 8.91. The third kappa shape index (κ3) is 4.78. The highest BCUT2D eigenvalue weighted by Gasteiger charge is 2.42. The number of hydrogen-bond donors (Lipinski definition) is 1. The lowest BCUT2D eigenvalue weighted by molar-refractivity contribution is -0.116. The number of ketones is 1. The fourth-order valence-corrected chi connectivity index (χ4v) is 6.71. The van der Waals surface area contributed by atoms with E-state index in [-0.39, 0.29) is 23.0 Å². The number of thiophene rings is 1. The predicted molar refractivity (Wildman–Crippen MR) is 165 cm³/mol. The molecule has 2 heterocycles. The number of rotatable bonds is 3. The molecule has 0 spiro atoms. The van der Waals surface area contributed by atoms with Gasteiger partial charge in [-0.25, -0.2) is 0 Å². The molecule has 0 radical (unpaired) electrons. The minimum absolute atomic E-state index is 0.0281. The number of carbonyl (C=O) groups excluding carboxylic acids is 2. The largest absolute Gasteiger partial charge is 0.357 e. The summed E-state index contributed by atoms with van der Waals surface area (Å²) in [5.41, 5.74) is 6.18. The average molecular weight is 567 g/mol. The van der Waals surface area contributed by atoms with Crippen LogP contribution < -0.4 is 10.2 Å². The van der Waals surface area contributed by atoms with Gasteiger partial charge in [0.05, 0.1) is 22.3 Å². The van der Waals surface area contributed by atoms with Crippen molar-refractivity contribution in [2.24, 2.45) is 0 Å². The Kier molecular flexibility index (Phi) is 6.89. The Hall–Kier alpha value is -3.67. The Bertz CT molecular complexity index is 1620. The molecule has 1 aromatic heterocycles. The normalized spacial score (nSPS) is 19.0. The standard InChI is InChI=1S/C34H31ClN2O2S/c1-34(2,3)23-16-14-21(15-17-23)22-19-27-31(29(38)20-22)32(24-9-4-5-10-25(24)35)37(33(39)30-13-8-18-40-30)28-12-7-6-11-26(28)36-27/h4-18,22,32,36H,19-20H2,1-3H3/t22-,32+/m0/s1. The third-order valence-corrected chi connectivity index (χ3v) is 9.09. The van der Waals surface area contributed by atoms with Crippen LogP contribution >= 0.6 is 22.9 Å². The highest BCUT2D eigenvalue weighted by atomic mass is 35.5. The van der Waals surface area contributed by atoms with E-state index in [1.807, 2.05) is 66.0 Å². The number of benzene rings is 3. The molecule has 1 aliphatic carbocycles. The van der Waals surface area contributed by atoms with Crippen molar-refractivity contribution < 1.29 is 9.59 Å². The van der Waals surface area contributed by atoms with Gasteiger partial charge in [-0.2, -0.15) is 0 Å². The SMILES string of the molecule is CC(C)(C)c1ccc([C@@H]2CC(=O)C3=C(C2)Nc2ccccc2N(C(=O)c2cccs2)[C@@H]3c2ccccc2Cl)cc1. The number of allylic oxidation sites excluding steroid dienone is 1. The van der Waals surface area contributed by atoms with E-state index in [2.05, 4.69) is 50.4 Å². The van der Waals surface area contributed by atoms with Gasteiger partial charge in [-0.05, 0) is 64.1 Å². The number of nitrogens with zero attached hydrogens (tertiary/aromatic N) is 1. The molecule has 1 aliphatic heterocycles. The van der Waals surface area contributed by atoms with Crippen molar-refractivity contribution in [3.63, 3.8) is 0 Å². The first-order valence-corrected chi connectivity index (χ1v) is 14.8. The molecule has 2 aliphatic rings. The second-order valence-corrected chi connectivity index (χ2v) is 12.9. The first-order valence-electron chi connectivity index (χ1n) is 13.6. The molecule has 4 nitrogen and oxygen atoms in total. The van der Waals surface area contributed by atoms with Gasteiger partial charge in [-0.1, -0.05) is 93.0 Å². The summed E-state index contributed by atoms with van der Waals surface area (Å²) < 4.78 is 0. The van der Waals surface area contributed by atoms with Crippen LogP contribution in [-0.4, -0.2) is 11.7 Å². The van der Waals surface area contributed by atoms with Crippen LogP contribution in [0.1, 0.15) is 71.9 Å². The first-order chi connectivity index (χ1) is 19.2. The lowest BCUT2D eigenvalue weighted by atomic mass is 9.77. The van der Waals surface area contributed by atoms with Crippen LogP contribution in [0.3, 0.4) is 0 Å². The molecule has 6 rings (SSSR count). The van der Waals surface area contributed by atoms with Crippen LogP contribution in [0.5, 0.6) is 0 Å². The maximum atomic E-state index is 14.2. The molecular formula is C34H31ClN2O2S. The maximum Gasteiger partial charge on any atom is 0.269 e. The molecule has 0 unspecified atom stereocenters. The molecule has 40 heavy (non-hydrogen) atoms. The molecule has 0 bridgehead atoms. The van der Waals surface area contributed by atoms with Crippen LogP contribution in [0.25, 0.3) is 0 Å². The average Bonchev–Trinajstić information content (AvgIpc) is 3.43. The zero-order chi connectivity index (χ0) is 28.0. The van der Waals surface area contributed by atoms with Gasteiger partial charge < -0.3 is 5.32 Å². The number of anilines is 2. The van der Waals surface area contributed by atoms with E-state index < -0.39 is 6.04 Å². The van der Waals surface area contributed by atoms with E-state index in [9.17, 15) is 9.59 Å². The van der Waals surface area contributed by atoms with Crippen LogP contribution in [0.4, 0.5) is 11.4 Å². The third-order valence-electron chi connectivity index (χ3n) is 7.89. The first kappa shape index (κ1) is 26.5. The molecule has 6 heteroatoms. The van der Waals surface area contributed by atoms with Gasteiger partial charge in [-0.15, -0.1) is 11.3 Å². The Morgan fingerprint density at radius 3 is 2.35 bits per heavy atom. The second kappa shape index (κ2) is 10.4. The lowest BCUT2D eigenvalue weighted by Crippen LogP contribution is -2.38. The molecule has 0 saturated heterocycles. The summed E-state index contributed by atoms with van der Waals surface area (Å²) in [7, 11) is 0. The number of carbonyl (C=O) groups is 2. The summed E-state index contributed by atoms with van der Waals surface area (Å²) in [4.78, 5) is 30.8. The van der Waals surface area contributed by atoms with Crippen LogP contribution in [0.15, 0.2) is 102 Å². The van der Waals surface area contributed by atoms with E-state index in [4.69, 9.17) is 11.6 Å². The highest BCUT2D eigenvalue weighted by molar-refractivity contribution is 7.12. The fourth-order valence-electron chi connectivity index (χ4n) is 5.81. The van der Waals surface area contributed by atoms with Crippen LogP contribution in [-0.2, 0) is 10.2 Å². The van der Waals surface area contributed by atoms with Gasteiger partial charge in [0.1, 0.15) is 0 Å². The van der Waals surface area contributed by atoms with Crippen molar-refractivity contribution in [2.45, 2.75) is 51.0 Å². The molecular weight excluding hydrogens is 536 g/mol. The Morgan fingerprint density at radius 1 is 0.925 bits per heavy atom. The van der Waals surface area contributed by atoms with Gasteiger partial charge in [-0.3, -0.25) is 14.5 Å². The Labute approximate surface area is 244 Å². The lowest BCUT2D eigenvalue weighted by Gasteiger charge is -2.35. The van der Waals surface area contributed by atoms with Crippen molar-refractivity contribution >= 4 is 46.0 Å². The molecule has 1 amide bonds. The number of halogens is 1. The number of amides is 1. The molecule has 4 aromatic rings. The van der Waals surface area contributed by atoms with Crippen LogP contribution in [0, 0.1) is 0 Å². The molecule has 0 saturated carbocycles. The van der Waals surface area contributed by atoms with Gasteiger partial charge >= 0.3 is 0 Å².